The lowest BCUT2D eigenvalue weighted by atomic mass is 9.98. The van der Waals surface area contributed by atoms with Crippen LogP contribution in [0.2, 0.25) is 0 Å². The lowest BCUT2D eigenvalue weighted by molar-refractivity contribution is 0.289. The van der Waals surface area contributed by atoms with Gasteiger partial charge in [-0.3, -0.25) is 5.10 Å². The van der Waals surface area contributed by atoms with Gasteiger partial charge in [-0.05, 0) is 42.9 Å². The molecule has 6 rings (SSSR count). The van der Waals surface area contributed by atoms with E-state index >= 15 is 0 Å². The Morgan fingerprint density at radius 2 is 1.89 bits per heavy atom. The van der Waals surface area contributed by atoms with Crippen molar-refractivity contribution < 1.29 is 4.74 Å². The molecule has 0 amide bonds. The second-order valence-corrected chi connectivity index (χ2v) is 7.66. The van der Waals surface area contributed by atoms with Crippen molar-refractivity contribution in [3.63, 3.8) is 0 Å². The zero-order chi connectivity index (χ0) is 18.9. The largest absolute Gasteiger partial charge is 0.471 e. The van der Waals surface area contributed by atoms with E-state index in [1.807, 2.05) is 18.3 Å². The van der Waals surface area contributed by atoms with Crippen molar-refractivity contribution >= 4 is 5.82 Å². The van der Waals surface area contributed by atoms with Crippen molar-refractivity contribution in [3.05, 3.63) is 42.4 Å². The van der Waals surface area contributed by atoms with Gasteiger partial charge in [-0.15, -0.1) is 0 Å². The number of aromatic amines is 1. The molecule has 2 bridgehead atoms. The van der Waals surface area contributed by atoms with Crippen LogP contribution in [-0.2, 0) is 6.61 Å². The fourth-order valence-electron chi connectivity index (χ4n) is 4.32. The minimum Gasteiger partial charge on any atom is -0.471 e. The molecule has 2 atom stereocenters. The van der Waals surface area contributed by atoms with Crippen molar-refractivity contribution in [2.75, 3.05) is 5.73 Å². The van der Waals surface area contributed by atoms with Crippen LogP contribution < -0.4 is 15.8 Å². The summed E-state index contributed by atoms with van der Waals surface area (Å²) in [6.45, 7) is 0.464. The second kappa shape index (κ2) is 7.24. The molecule has 2 aromatic heterocycles. The van der Waals surface area contributed by atoms with Gasteiger partial charge in [0.15, 0.2) is 0 Å². The predicted octanol–water partition coefficient (Wildman–Crippen LogP) is 3.30. The number of nitrogens with one attached hydrogen (secondary N) is 2. The maximum atomic E-state index is 5.63. The summed E-state index contributed by atoms with van der Waals surface area (Å²) in [5.41, 5.74) is 10.6. The molecule has 3 aliphatic heterocycles. The Balaban J connectivity index is 0.000000177. The molecule has 0 spiro atoms. The predicted molar refractivity (Wildman–Crippen MR) is 108 cm³/mol. The zero-order valence-corrected chi connectivity index (χ0v) is 15.7. The molecule has 7 nitrogen and oxygen atoms in total. The number of fused-ring (bicyclic) bond motifs is 5. The molecule has 7 heteroatoms. The van der Waals surface area contributed by atoms with Crippen LogP contribution in [0.15, 0.2) is 36.8 Å². The van der Waals surface area contributed by atoms with E-state index in [1.54, 1.807) is 12.4 Å². The quantitative estimate of drug-likeness (QED) is 0.602. The third-order valence-electron chi connectivity index (χ3n) is 5.76. The van der Waals surface area contributed by atoms with E-state index in [2.05, 4.69) is 31.5 Å². The first-order valence-electron chi connectivity index (χ1n) is 9.90. The van der Waals surface area contributed by atoms with Crippen LogP contribution in [0.25, 0.3) is 22.4 Å². The van der Waals surface area contributed by atoms with E-state index < -0.39 is 0 Å². The van der Waals surface area contributed by atoms with Crippen LogP contribution in [0, 0.1) is 0 Å². The van der Waals surface area contributed by atoms with Crippen molar-refractivity contribution in [1.29, 1.82) is 0 Å². The van der Waals surface area contributed by atoms with Gasteiger partial charge in [-0.2, -0.15) is 10.1 Å². The molecular formula is C21H24N6O. The standard InChI is InChI=1S/C14H11N5O.C7H13N/c15-12-6-16-13-11-2-1-8(10-4-17-18-5-10)3-9(11)7-20-14(13)19-12;1-2-6-4-5-7(3-1)8-6/h1-6H,7H2,(H2,15,19)(H,17,18);6-8H,1-5H2. The average Bonchev–Trinajstić information content (AvgIpc) is 3.37. The third kappa shape index (κ3) is 3.33. The molecule has 0 radical (unpaired) electrons. The molecule has 0 saturated carbocycles. The number of piperidine rings is 1. The number of benzene rings is 1. The summed E-state index contributed by atoms with van der Waals surface area (Å²) in [6, 6.07) is 7.98. The van der Waals surface area contributed by atoms with E-state index in [0.29, 0.717) is 18.3 Å². The average molecular weight is 376 g/mol. The Labute approximate surface area is 163 Å². The molecule has 144 valence electrons. The van der Waals surface area contributed by atoms with Gasteiger partial charge in [0.2, 0.25) is 5.88 Å². The van der Waals surface area contributed by atoms with Crippen LogP contribution in [0.4, 0.5) is 5.82 Å². The molecular weight excluding hydrogens is 352 g/mol. The third-order valence-corrected chi connectivity index (χ3v) is 5.76. The number of hydrogen-bond acceptors (Lipinski definition) is 6. The summed E-state index contributed by atoms with van der Waals surface area (Å²) in [5, 5.41) is 10.4. The summed E-state index contributed by atoms with van der Waals surface area (Å²) < 4.78 is 5.63. The lowest BCUT2D eigenvalue weighted by Crippen LogP contribution is -2.33. The van der Waals surface area contributed by atoms with Crippen LogP contribution in [0.1, 0.15) is 37.7 Å². The van der Waals surface area contributed by atoms with Gasteiger partial charge < -0.3 is 15.8 Å². The number of aromatic nitrogens is 4. The first-order chi connectivity index (χ1) is 13.8. The first-order valence-corrected chi connectivity index (χ1v) is 9.90. The van der Waals surface area contributed by atoms with Crippen molar-refractivity contribution in [2.24, 2.45) is 0 Å². The molecule has 1 aromatic carbocycles. The van der Waals surface area contributed by atoms with Gasteiger partial charge in [0.1, 0.15) is 18.1 Å². The number of hydrogen-bond donors (Lipinski definition) is 3. The normalized spacial score (nSPS) is 21.7. The number of H-pyrrole nitrogens is 1. The number of nitrogen functional groups attached to an aromatic ring is 1. The molecule has 3 aliphatic rings. The molecule has 28 heavy (non-hydrogen) atoms. The Morgan fingerprint density at radius 3 is 2.64 bits per heavy atom. The number of anilines is 1. The summed E-state index contributed by atoms with van der Waals surface area (Å²) >= 11 is 0. The molecule has 0 aliphatic carbocycles. The van der Waals surface area contributed by atoms with E-state index in [0.717, 1.165) is 40.0 Å². The van der Waals surface area contributed by atoms with Gasteiger partial charge in [0, 0.05) is 29.4 Å². The highest BCUT2D eigenvalue weighted by atomic mass is 16.5. The van der Waals surface area contributed by atoms with Crippen molar-refractivity contribution in [2.45, 2.75) is 50.8 Å². The number of rotatable bonds is 1. The Bertz CT molecular complexity index is 957. The van der Waals surface area contributed by atoms with Gasteiger partial charge >= 0.3 is 0 Å². The van der Waals surface area contributed by atoms with Gasteiger partial charge in [-0.1, -0.05) is 18.6 Å². The topological polar surface area (TPSA) is 102 Å². The zero-order valence-electron chi connectivity index (χ0n) is 15.7. The molecule has 2 fully saturated rings. The van der Waals surface area contributed by atoms with E-state index in [1.165, 1.54) is 32.1 Å². The molecule has 4 N–H and O–H groups in total. The maximum Gasteiger partial charge on any atom is 0.242 e. The monoisotopic (exact) mass is 376 g/mol. The number of nitrogens with two attached hydrogens (primary N) is 1. The van der Waals surface area contributed by atoms with Crippen molar-refractivity contribution in [1.82, 2.24) is 25.5 Å². The van der Waals surface area contributed by atoms with E-state index in [4.69, 9.17) is 10.5 Å². The van der Waals surface area contributed by atoms with Gasteiger partial charge in [0.05, 0.1) is 12.4 Å². The highest BCUT2D eigenvalue weighted by Crippen LogP contribution is 2.36. The van der Waals surface area contributed by atoms with Crippen molar-refractivity contribution in [3.8, 4) is 28.3 Å². The minimum atomic E-state index is 0.363. The van der Waals surface area contributed by atoms with Gasteiger partial charge in [0.25, 0.3) is 0 Å². The van der Waals surface area contributed by atoms with E-state index in [-0.39, 0.29) is 0 Å². The smallest absolute Gasteiger partial charge is 0.242 e. The fourth-order valence-corrected chi connectivity index (χ4v) is 4.32. The Hall–Kier alpha value is -2.93. The van der Waals surface area contributed by atoms with Crippen LogP contribution in [0.3, 0.4) is 0 Å². The highest BCUT2D eigenvalue weighted by Gasteiger charge is 2.26. The maximum absolute atomic E-state index is 5.63. The van der Waals surface area contributed by atoms with Crippen LogP contribution >= 0.6 is 0 Å². The Kier molecular flexibility index (Phi) is 4.44. The van der Waals surface area contributed by atoms with Crippen LogP contribution in [-0.4, -0.2) is 32.2 Å². The van der Waals surface area contributed by atoms with Gasteiger partial charge in [-0.25, -0.2) is 4.98 Å². The number of nitrogens with zero attached hydrogens (tertiary/aromatic N) is 3. The van der Waals surface area contributed by atoms with E-state index in [9.17, 15) is 0 Å². The first kappa shape index (κ1) is 17.2. The summed E-state index contributed by atoms with van der Waals surface area (Å²) in [6.07, 6.45) is 12.5. The molecule has 2 unspecified atom stereocenters. The SMILES string of the molecule is C1CC2CCC(C1)N2.Nc1cnc2c(n1)OCc1cc(-c3cn[nH]c3)ccc1-2. The van der Waals surface area contributed by atoms with Crippen LogP contribution in [0.5, 0.6) is 5.88 Å². The Morgan fingerprint density at radius 1 is 1.04 bits per heavy atom. The summed E-state index contributed by atoms with van der Waals surface area (Å²) in [7, 11) is 0. The highest BCUT2D eigenvalue weighted by molar-refractivity contribution is 5.75. The minimum absolute atomic E-state index is 0.363. The summed E-state index contributed by atoms with van der Waals surface area (Å²) in [4.78, 5) is 8.48. The summed E-state index contributed by atoms with van der Waals surface area (Å²) in [5.74, 6) is 0.857. The number of ether oxygens (including phenoxy) is 1. The molecule has 5 heterocycles. The molecule has 3 aromatic rings. The fraction of sp³-hybridized carbons (Fsp3) is 0.381. The molecule has 2 saturated heterocycles. The lowest BCUT2D eigenvalue weighted by Gasteiger charge is -2.19. The second-order valence-electron chi connectivity index (χ2n) is 7.66.